The van der Waals surface area contributed by atoms with Gasteiger partial charge >= 0.3 is 0 Å². The molecular weight excluding hydrogens is 364 g/mol. The summed E-state index contributed by atoms with van der Waals surface area (Å²) in [5.41, 5.74) is 5.92. The van der Waals surface area contributed by atoms with Crippen LogP contribution >= 0.6 is 0 Å². The lowest BCUT2D eigenvalue weighted by atomic mass is 9.87. The molecule has 0 radical (unpaired) electrons. The number of ether oxygens (including phenoxy) is 1. The third-order valence-corrected chi connectivity index (χ3v) is 5.28. The molecule has 146 valence electrons. The second-order valence-electron chi connectivity index (χ2n) is 7.17. The first-order valence-corrected chi connectivity index (χ1v) is 9.50. The van der Waals surface area contributed by atoms with Gasteiger partial charge in [0.15, 0.2) is 0 Å². The van der Waals surface area contributed by atoms with Gasteiger partial charge in [-0.3, -0.25) is 10.1 Å². The molecule has 4 rings (SSSR count). The van der Waals surface area contributed by atoms with Crippen molar-refractivity contribution in [2.45, 2.75) is 12.8 Å². The summed E-state index contributed by atoms with van der Waals surface area (Å²) >= 11 is 0. The number of nitrogens with one attached hydrogen (secondary N) is 1. The Hall–Kier alpha value is -3.60. The summed E-state index contributed by atoms with van der Waals surface area (Å²) in [5, 5.41) is 12.6. The zero-order valence-electron chi connectivity index (χ0n) is 16.4. The highest BCUT2D eigenvalue weighted by Gasteiger charge is 2.27. The minimum Gasteiger partial charge on any atom is -0.497 e. The van der Waals surface area contributed by atoms with Gasteiger partial charge in [0.1, 0.15) is 5.75 Å². The summed E-state index contributed by atoms with van der Waals surface area (Å²) in [6.45, 7) is 1.86. The Balaban J connectivity index is 1.95. The predicted molar refractivity (Wildman–Crippen MR) is 115 cm³/mol. The molecule has 0 amide bonds. The van der Waals surface area contributed by atoms with E-state index in [4.69, 9.17) is 4.74 Å². The molecule has 0 fully saturated rings. The second kappa shape index (κ2) is 7.80. The molecule has 0 saturated carbocycles. The number of hydrogen-bond acceptors (Lipinski definition) is 3. The third kappa shape index (κ3) is 3.72. The number of nitrogens with zero attached hydrogens (tertiary/aromatic N) is 1. The third-order valence-electron chi connectivity index (χ3n) is 5.28. The van der Waals surface area contributed by atoms with Crippen LogP contribution in [0, 0.1) is 17.0 Å². The molecule has 3 aromatic carbocycles. The summed E-state index contributed by atoms with van der Waals surface area (Å²) < 4.78 is 5.26. The van der Waals surface area contributed by atoms with Crippen molar-refractivity contribution in [3.8, 4) is 17.0 Å². The van der Waals surface area contributed by atoms with Gasteiger partial charge in [-0.1, -0.05) is 60.2 Å². The first-order valence-electron chi connectivity index (χ1n) is 9.50. The SMILES string of the molecule is COc1ccc(C(C[N+](=O)[O-])c2c(-c3ccc(C)cc3)[nH]c3ccccc23)cc1. The monoisotopic (exact) mass is 386 g/mol. The van der Waals surface area contributed by atoms with Crippen LogP contribution in [0.15, 0.2) is 72.8 Å². The number of nitro groups is 1. The molecule has 29 heavy (non-hydrogen) atoms. The van der Waals surface area contributed by atoms with E-state index < -0.39 is 0 Å². The van der Waals surface area contributed by atoms with Gasteiger partial charge in [-0.05, 0) is 41.8 Å². The Kier molecular flexibility index (Phi) is 5.04. The lowest BCUT2D eigenvalue weighted by molar-refractivity contribution is -0.481. The molecule has 0 bridgehead atoms. The molecule has 4 aromatic rings. The minimum absolute atomic E-state index is 0.187. The van der Waals surface area contributed by atoms with Crippen LogP contribution < -0.4 is 4.74 Å². The molecule has 0 aliphatic rings. The quantitative estimate of drug-likeness (QED) is 0.348. The zero-order valence-corrected chi connectivity index (χ0v) is 16.4. The number of para-hydroxylation sites is 1. The average molecular weight is 386 g/mol. The Morgan fingerprint density at radius 3 is 2.34 bits per heavy atom. The van der Waals surface area contributed by atoms with Gasteiger partial charge in [-0.25, -0.2) is 0 Å². The maximum atomic E-state index is 11.6. The van der Waals surface area contributed by atoms with Gasteiger partial charge in [0.05, 0.1) is 18.7 Å². The van der Waals surface area contributed by atoms with E-state index >= 15 is 0 Å². The molecule has 5 heteroatoms. The van der Waals surface area contributed by atoms with Gasteiger partial charge < -0.3 is 9.72 Å². The van der Waals surface area contributed by atoms with Crippen molar-refractivity contribution in [3.05, 3.63) is 99.6 Å². The van der Waals surface area contributed by atoms with E-state index in [0.29, 0.717) is 0 Å². The number of fused-ring (bicyclic) bond motifs is 1. The van der Waals surface area contributed by atoms with Crippen LogP contribution in [0.3, 0.4) is 0 Å². The van der Waals surface area contributed by atoms with E-state index in [-0.39, 0.29) is 17.4 Å². The Morgan fingerprint density at radius 2 is 1.69 bits per heavy atom. The van der Waals surface area contributed by atoms with Crippen LogP contribution in [0.1, 0.15) is 22.6 Å². The topological polar surface area (TPSA) is 68.2 Å². The summed E-state index contributed by atoms with van der Waals surface area (Å²) in [5.74, 6) is 0.342. The predicted octanol–water partition coefficient (Wildman–Crippen LogP) is 5.56. The highest BCUT2D eigenvalue weighted by molar-refractivity contribution is 5.92. The molecule has 0 saturated heterocycles. The van der Waals surface area contributed by atoms with Crippen molar-refractivity contribution in [1.82, 2.24) is 4.98 Å². The van der Waals surface area contributed by atoms with E-state index in [1.165, 1.54) is 5.56 Å². The summed E-state index contributed by atoms with van der Waals surface area (Å²) in [7, 11) is 1.61. The van der Waals surface area contributed by atoms with Crippen molar-refractivity contribution in [1.29, 1.82) is 0 Å². The van der Waals surface area contributed by atoms with Crippen molar-refractivity contribution in [2.75, 3.05) is 13.7 Å². The fourth-order valence-corrected chi connectivity index (χ4v) is 3.82. The molecule has 1 heterocycles. The number of rotatable bonds is 6. The zero-order chi connectivity index (χ0) is 20.4. The fourth-order valence-electron chi connectivity index (χ4n) is 3.82. The van der Waals surface area contributed by atoms with Gasteiger partial charge in [-0.15, -0.1) is 0 Å². The van der Waals surface area contributed by atoms with E-state index in [2.05, 4.69) is 29.2 Å². The smallest absolute Gasteiger partial charge is 0.214 e. The number of hydrogen-bond donors (Lipinski definition) is 1. The van der Waals surface area contributed by atoms with Crippen molar-refractivity contribution in [2.24, 2.45) is 0 Å². The summed E-state index contributed by atoms with van der Waals surface area (Å²) in [6.07, 6.45) is 0. The lowest BCUT2D eigenvalue weighted by Crippen LogP contribution is -2.14. The largest absolute Gasteiger partial charge is 0.497 e. The van der Waals surface area contributed by atoms with Crippen molar-refractivity contribution in [3.63, 3.8) is 0 Å². The molecular formula is C24H22N2O3. The maximum absolute atomic E-state index is 11.6. The Bertz CT molecular complexity index is 1150. The van der Waals surface area contributed by atoms with E-state index in [1.807, 2.05) is 55.5 Å². The molecule has 1 N–H and O–H groups in total. The van der Waals surface area contributed by atoms with Crippen LogP contribution in [-0.4, -0.2) is 23.6 Å². The maximum Gasteiger partial charge on any atom is 0.214 e. The number of benzene rings is 3. The lowest BCUT2D eigenvalue weighted by Gasteiger charge is -2.16. The summed E-state index contributed by atoms with van der Waals surface area (Å²) in [6, 6.07) is 23.7. The van der Waals surface area contributed by atoms with Crippen LogP contribution in [-0.2, 0) is 0 Å². The molecule has 0 spiro atoms. The highest BCUT2D eigenvalue weighted by atomic mass is 16.6. The number of methoxy groups -OCH3 is 1. The van der Waals surface area contributed by atoms with Crippen LogP contribution in [0.4, 0.5) is 0 Å². The van der Waals surface area contributed by atoms with E-state index in [9.17, 15) is 10.1 Å². The van der Waals surface area contributed by atoms with Crippen LogP contribution in [0.25, 0.3) is 22.2 Å². The molecule has 1 aromatic heterocycles. The average Bonchev–Trinajstić information content (AvgIpc) is 3.12. The van der Waals surface area contributed by atoms with E-state index in [0.717, 1.165) is 39.0 Å². The van der Waals surface area contributed by atoms with E-state index in [1.54, 1.807) is 7.11 Å². The molecule has 5 nitrogen and oxygen atoms in total. The first-order chi connectivity index (χ1) is 14.1. The van der Waals surface area contributed by atoms with Crippen molar-refractivity contribution >= 4 is 10.9 Å². The Morgan fingerprint density at radius 1 is 1.00 bits per heavy atom. The number of H-pyrrole nitrogens is 1. The molecule has 1 unspecified atom stereocenters. The fraction of sp³-hybridized carbons (Fsp3) is 0.167. The number of aromatic nitrogens is 1. The van der Waals surface area contributed by atoms with Gasteiger partial charge in [0, 0.05) is 15.8 Å². The molecule has 0 aliphatic heterocycles. The summed E-state index contributed by atoms with van der Waals surface area (Å²) in [4.78, 5) is 14.9. The minimum atomic E-state index is -0.386. The van der Waals surface area contributed by atoms with Gasteiger partial charge in [0.25, 0.3) is 0 Å². The number of aromatic amines is 1. The first kappa shape index (κ1) is 18.7. The van der Waals surface area contributed by atoms with Crippen molar-refractivity contribution < 1.29 is 9.66 Å². The van der Waals surface area contributed by atoms with Crippen LogP contribution in [0.2, 0.25) is 0 Å². The van der Waals surface area contributed by atoms with Gasteiger partial charge in [0.2, 0.25) is 6.54 Å². The second-order valence-corrected chi connectivity index (χ2v) is 7.17. The Labute approximate surface area is 169 Å². The highest BCUT2D eigenvalue weighted by Crippen LogP contribution is 2.39. The van der Waals surface area contributed by atoms with Crippen LogP contribution in [0.5, 0.6) is 5.75 Å². The van der Waals surface area contributed by atoms with Gasteiger partial charge in [-0.2, -0.15) is 0 Å². The molecule has 1 atom stereocenters. The molecule has 0 aliphatic carbocycles. The normalized spacial score (nSPS) is 12.1. The standard InChI is InChI=1S/C24H22N2O3/c1-16-7-9-18(10-8-16)24-23(20-5-3-4-6-22(20)25-24)21(15-26(27)28)17-11-13-19(29-2)14-12-17/h3-14,21,25H,15H2,1-2H3. The number of aryl methyl sites for hydroxylation is 1.